The Labute approximate surface area is 87.6 Å². The summed E-state index contributed by atoms with van der Waals surface area (Å²) in [6.07, 6.45) is 5.56. The van der Waals surface area contributed by atoms with Gasteiger partial charge < -0.3 is 0 Å². The Balaban J connectivity index is 2.52. The van der Waals surface area contributed by atoms with Crippen molar-refractivity contribution in [1.29, 1.82) is 0 Å². The molecule has 2 aromatic heterocycles. The third kappa shape index (κ3) is 1.79. The monoisotopic (exact) mass is 201 g/mol. The molecule has 4 nitrogen and oxygen atoms in total. The normalized spacial score (nSPS) is 10.2. The number of nitrogens with zero attached hydrogens (tertiary/aromatic N) is 3. The lowest BCUT2D eigenvalue weighted by molar-refractivity contribution is 0.0987. The van der Waals surface area contributed by atoms with Crippen LogP contribution in [0.15, 0.2) is 36.8 Å². The average molecular weight is 201 g/mol. The minimum Gasteiger partial charge on any atom is -0.294 e. The van der Waals surface area contributed by atoms with E-state index < -0.39 is 0 Å². The molecule has 0 aliphatic rings. The van der Waals surface area contributed by atoms with Gasteiger partial charge in [0.1, 0.15) is 0 Å². The van der Waals surface area contributed by atoms with Crippen LogP contribution >= 0.6 is 0 Å². The predicted molar refractivity (Wildman–Crippen MR) is 56.0 cm³/mol. The number of rotatable bonds is 3. The molecule has 0 aliphatic carbocycles. The molecule has 0 saturated carbocycles. The molecule has 0 spiro atoms. The fourth-order valence-corrected chi connectivity index (χ4v) is 1.38. The van der Waals surface area contributed by atoms with E-state index in [0.717, 1.165) is 0 Å². The van der Waals surface area contributed by atoms with Crippen molar-refractivity contribution in [2.24, 2.45) is 0 Å². The molecule has 0 amide bonds. The van der Waals surface area contributed by atoms with E-state index in [1.807, 2.05) is 6.92 Å². The van der Waals surface area contributed by atoms with Gasteiger partial charge in [0.2, 0.25) is 0 Å². The van der Waals surface area contributed by atoms with Gasteiger partial charge in [-0.3, -0.25) is 4.79 Å². The lowest BCUT2D eigenvalue weighted by atomic mass is 10.1. The highest BCUT2D eigenvalue weighted by Crippen LogP contribution is 2.12. The van der Waals surface area contributed by atoms with E-state index in [0.29, 0.717) is 17.8 Å². The summed E-state index contributed by atoms with van der Waals surface area (Å²) < 4.78 is 1.60. The zero-order valence-electron chi connectivity index (χ0n) is 8.42. The van der Waals surface area contributed by atoms with Gasteiger partial charge in [0.05, 0.1) is 5.56 Å². The van der Waals surface area contributed by atoms with E-state index >= 15 is 0 Å². The van der Waals surface area contributed by atoms with Gasteiger partial charge in [-0.05, 0) is 18.2 Å². The van der Waals surface area contributed by atoms with Crippen LogP contribution in [0.5, 0.6) is 0 Å². The quantitative estimate of drug-likeness (QED) is 0.712. The van der Waals surface area contributed by atoms with Crippen molar-refractivity contribution in [3.8, 4) is 5.82 Å². The van der Waals surface area contributed by atoms with Crippen LogP contribution in [0, 0.1) is 0 Å². The highest BCUT2D eigenvalue weighted by molar-refractivity contribution is 5.98. The maximum Gasteiger partial charge on any atom is 0.166 e. The maximum absolute atomic E-state index is 11.6. The second kappa shape index (κ2) is 4.04. The Morgan fingerprint density at radius 3 is 2.93 bits per heavy atom. The Morgan fingerprint density at radius 1 is 1.40 bits per heavy atom. The molecule has 0 N–H and O–H groups in total. The van der Waals surface area contributed by atoms with E-state index in [9.17, 15) is 4.79 Å². The molecule has 2 heterocycles. The summed E-state index contributed by atoms with van der Waals surface area (Å²) in [5, 5.41) is 4.07. The standard InChI is InChI=1S/C11H11N3O/c1-2-10(15)9-5-3-6-12-11(9)14-8-4-7-13-14/h3-8H,2H2,1H3. The molecule has 0 aliphatic heterocycles. The van der Waals surface area contributed by atoms with Crippen molar-refractivity contribution < 1.29 is 4.79 Å². The first-order valence-electron chi connectivity index (χ1n) is 4.81. The molecule has 76 valence electrons. The molecule has 0 bridgehead atoms. The third-order valence-corrected chi connectivity index (χ3v) is 2.13. The van der Waals surface area contributed by atoms with Crippen LogP contribution in [0.3, 0.4) is 0 Å². The lowest BCUT2D eigenvalue weighted by Crippen LogP contribution is -2.07. The van der Waals surface area contributed by atoms with Gasteiger partial charge in [0.25, 0.3) is 0 Å². The Hall–Kier alpha value is -1.97. The molecular weight excluding hydrogens is 190 g/mol. The Bertz CT molecular complexity index is 462. The number of aromatic nitrogens is 3. The second-order valence-corrected chi connectivity index (χ2v) is 3.10. The third-order valence-electron chi connectivity index (χ3n) is 2.13. The topological polar surface area (TPSA) is 47.8 Å². The summed E-state index contributed by atoms with van der Waals surface area (Å²) in [4.78, 5) is 15.8. The van der Waals surface area contributed by atoms with Crippen molar-refractivity contribution in [3.63, 3.8) is 0 Å². The molecule has 0 atom stereocenters. The van der Waals surface area contributed by atoms with Gasteiger partial charge in [0.15, 0.2) is 11.6 Å². The fourth-order valence-electron chi connectivity index (χ4n) is 1.38. The Kier molecular flexibility index (Phi) is 2.58. The van der Waals surface area contributed by atoms with Gasteiger partial charge in [-0.2, -0.15) is 5.10 Å². The zero-order valence-corrected chi connectivity index (χ0v) is 8.42. The SMILES string of the molecule is CCC(=O)c1cccnc1-n1cccn1. The van der Waals surface area contributed by atoms with Crippen LogP contribution in [-0.4, -0.2) is 20.5 Å². The van der Waals surface area contributed by atoms with Crippen LogP contribution in [0.4, 0.5) is 0 Å². The molecular formula is C11H11N3O. The van der Waals surface area contributed by atoms with Crippen LogP contribution in [0.1, 0.15) is 23.7 Å². The summed E-state index contributed by atoms with van der Waals surface area (Å²) >= 11 is 0. The summed E-state index contributed by atoms with van der Waals surface area (Å²) in [6.45, 7) is 1.84. The van der Waals surface area contributed by atoms with Gasteiger partial charge in [-0.15, -0.1) is 0 Å². The first kappa shape index (κ1) is 9.58. The smallest absolute Gasteiger partial charge is 0.166 e. The molecule has 0 fully saturated rings. The number of hydrogen-bond donors (Lipinski definition) is 0. The number of hydrogen-bond acceptors (Lipinski definition) is 3. The summed E-state index contributed by atoms with van der Waals surface area (Å²) in [6, 6.07) is 5.33. The molecule has 2 rings (SSSR count). The first-order chi connectivity index (χ1) is 7.33. The van der Waals surface area contributed by atoms with Gasteiger partial charge in [-0.1, -0.05) is 6.92 Å². The van der Waals surface area contributed by atoms with Crippen molar-refractivity contribution >= 4 is 5.78 Å². The minimum atomic E-state index is 0.0774. The van der Waals surface area contributed by atoms with Crippen molar-refractivity contribution in [1.82, 2.24) is 14.8 Å². The van der Waals surface area contributed by atoms with Gasteiger partial charge in [0, 0.05) is 25.0 Å². The predicted octanol–water partition coefficient (Wildman–Crippen LogP) is 1.86. The lowest BCUT2D eigenvalue weighted by Gasteiger charge is -2.05. The number of ketones is 1. The minimum absolute atomic E-state index is 0.0774. The van der Waals surface area contributed by atoms with E-state index in [2.05, 4.69) is 10.1 Å². The molecule has 0 saturated heterocycles. The maximum atomic E-state index is 11.6. The number of pyridine rings is 1. The number of carbonyl (C=O) groups excluding carboxylic acids is 1. The molecule has 0 unspecified atom stereocenters. The number of Topliss-reactive ketones (excluding diaryl/α,β-unsaturated/α-hetero) is 1. The molecule has 4 heteroatoms. The molecule has 2 aromatic rings. The first-order valence-corrected chi connectivity index (χ1v) is 4.81. The Morgan fingerprint density at radius 2 is 2.27 bits per heavy atom. The number of carbonyl (C=O) groups is 1. The van der Waals surface area contributed by atoms with E-state index in [4.69, 9.17) is 0 Å². The summed E-state index contributed by atoms with van der Waals surface area (Å²) in [5.74, 6) is 0.669. The van der Waals surface area contributed by atoms with Gasteiger partial charge in [-0.25, -0.2) is 9.67 Å². The van der Waals surface area contributed by atoms with E-state index in [1.54, 1.807) is 41.5 Å². The summed E-state index contributed by atoms with van der Waals surface area (Å²) in [5.41, 5.74) is 0.615. The average Bonchev–Trinajstić information content (AvgIpc) is 2.81. The van der Waals surface area contributed by atoms with Crippen LogP contribution in [-0.2, 0) is 0 Å². The van der Waals surface area contributed by atoms with Crippen molar-refractivity contribution in [2.45, 2.75) is 13.3 Å². The molecule has 0 aromatic carbocycles. The zero-order chi connectivity index (χ0) is 10.7. The van der Waals surface area contributed by atoms with Crippen LogP contribution in [0.25, 0.3) is 5.82 Å². The van der Waals surface area contributed by atoms with Crippen molar-refractivity contribution in [2.75, 3.05) is 0 Å². The van der Waals surface area contributed by atoms with E-state index in [-0.39, 0.29) is 5.78 Å². The van der Waals surface area contributed by atoms with Gasteiger partial charge >= 0.3 is 0 Å². The highest BCUT2D eigenvalue weighted by Gasteiger charge is 2.11. The molecule has 0 radical (unpaired) electrons. The highest BCUT2D eigenvalue weighted by atomic mass is 16.1. The largest absolute Gasteiger partial charge is 0.294 e. The van der Waals surface area contributed by atoms with E-state index in [1.165, 1.54) is 0 Å². The second-order valence-electron chi connectivity index (χ2n) is 3.10. The van der Waals surface area contributed by atoms with Crippen LogP contribution < -0.4 is 0 Å². The van der Waals surface area contributed by atoms with Crippen LogP contribution in [0.2, 0.25) is 0 Å². The fraction of sp³-hybridized carbons (Fsp3) is 0.182. The molecule has 15 heavy (non-hydrogen) atoms. The van der Waals surface area contributed by atoms with Crippen molar-refractivity contribution in [3.05, 3.63) is 42.4 Å². The summed E-state index contributed by atoms with van der Waals surface area (Å²) in [7, 11) is 0.